The molecule has 0 aliphatic carbocycles. The Morgan fingerprint density at radius 2 is 1.59 bits per heavy atom. The first kappa shape index (κ1) is 28.3. The van der Waals surface area contributed by atoms with Gasteiger partial charge in [0.2, 0.25) is 11.8 Å². The van der Waals surface area contributed by atoms with Crippen LogP contribution in [-0.2, 0) is 28.3 Å². The maximum atomic E-state index is 13.7. The third-order valence-corrected chi connectivity index (χ3v) is 6.86. The highest BCUT2D eigenvalue weighted by molar-refractivity contribution is 7.99. The number of hydrogen-bond acceptors (Lipinski definition) is 4. The minimum Gasteiger partial charge on any atom is -0.497 e. The second kappa shape index (κ2) is 13.3. The zero-order chi connectivity index (χ0) is 26.8. The molecule has 2 amide bonds. The van der Waals surface area contributed by atoms with Crippen LogP contribution in [0.2, 0.25) is 0 Å². The molecular formula is C31H38N2O3S. The van der Waals surface area contributed by atoms with Gasteiger partial charge in [0.05, 0.1) is 12.9 Å². The van der Waals surface area contributed by atoms with Crippen molar-refractivity contribution in [2.75, 3.05) is 12.9 Å². The minimum atomic E-state index is -0.652. The van der Waals surface area contributed by atoms with E-state index in [0.29, 0.717) is 13.0 Å². The van der Waals surface area contributed by atoms with Crippen LogP contribution in [0.25, 0.3) is 0 Å². The largest absolute Gasteiger partial charge is 0.497 e. The highest BCUT2D eigenvalue weighted by atomic mass is 32.2. The van der Waals surface area contributed by atoms with Crippen LogP contribution in [0.15, 0.2) is 78.9 Å². The van der Waals surface area contributed by atoms with E-state index in [4.69, 9.17) is 4.74 Å². The number of nitrogens with one attached hydrogen (secondary N) is 1. The fourth-order valence-corrected chi connectivity index (χ4v) is 4.87. The van der Waals surface area contributed by atoms with Crippen LogP contribution in [0.4, 0.5) is 0 Å². The molecule has 3 aromatic rings. The SMILES string of the molecule is COc1cccc(CN(C(=O)CSCc2ccc(C)cc2)C(Cc2ccccc2)C(=O)NC(C)(C)C)c1. The van der Waals surface area contributed by atoms with Gasteiger partial charge in [-0.1, -0.05) is 72.3 Å². The Morgan fingerprint density at radius 3 is 2.24 bits per heavy atom. The van der Waals surface area contributed by atoms with E-state index in [0.717, 1.165) is 22.6 Å². The van der Waals surface area contributed by atoms with Crippen molar-refractivity contribution in [3.05, 3.63) is 101 Å². The van der Waals surface area contributed by atoms with Gasteiger partial charge in [-0.25, -0.2) is 0 Å². The van der Waals surface area contributed by atoms with Gasteiger partial charge in [-0.15, -0.1) is 11.8 Å². The maximum Gasteiger partial charge on any atom is 0.243 e. The van der Waals surface area contributed by atoms with E-state index in [1.807, 2.05) is 75.4 Å². The molecule has 0 saturated carbocycles. The molecule has 6 heteroatoms. The van der Waals surface area contributed by atoms with Gasteiger partial charge >= 0.3 is 0 Å². The number of carbonyl (C=O) groups is 2. The van der Waals surface area contributed by atoms with Crippen molar-refractivity contribution in [2.45, 2.75) is 58.0 Å². The molecular weight excluding hydrogens is 480 g/mol. The van der Waals surface area contributed by atoms with Crippen LogP contribution < -0.4 is 10.1 Å². The van der Waals surface area contributed by atoms with Crippen molar-refractivity contribution in [3.8, 4) is 5.75 Å². The predicted molar refractivity (Wildman–Crippen MR) is 153 cm³/mol. The molecule has 1 unspecified atom stereocenters. The number of hydrogen-bond donors (Lipinski definition) is 1. The molecule has 0 heterocycles. The van der Waals surface area contributed by atoms with Crippen LogP contribution in [0, 0.1) is 6.92 Å². The second-order valence-corrected chi connectivity index (χ2v) is 11.3. The second-order valence-electron chi connectivity index (χ2n) is 10.3. The van der Waals surface area contributed by atoms with E-state index < -0.39 is 11.6 Å². The van der Waals surface area contributed by atoms with Crippen molar-refractivity contribution < 1.29 is 14.3 Å². The van der Waals surface area contributed by atoms with E-state index in [9.17, 15) is 9.59 Å². The average Bonchev–Trinajstić information content (AvgIpc) is 2.87. The van der Waals surface area contributed by atoms with Gasteiger partial charge in [0.25, 0.3) is 0 Å². The van der Waals surface area contributed by atoms with Crippen molar-refractivity contribution in [1.82, 2.24) is 10.2 Å². The number of benzene rings is 3. The number of methoxy groups -OCH3 is 1. The number of carbonyl (C=O) groups excluding carboxylic acids is 2. The summed E-state index contributed by atoms with van der Waals surface area (Å²) in [6.07, 6.45) is 0.432. The van der Waals surface area contributed by atoms with E-state index in [1.54, 1.807) is 23.8 Å². The minimum absolute atomic E-state index is 0.0649. The van der Waals surface area contributed by atoms with Gasteiger partial charge in [-0.05, 0) is 56.5 Å². The van der Waals surface area contributed by atoms with Crippen molar-refractivity contribution >= 4 is 23.6 Å². The highest BCUT2D eigenvalue weighted by Gasteiger charge is 2.32. The molecule has 5 nitrogen and oxygen atoms in total. The number of thioether (sulfide) groups is 1. The van der Waals surface area contributed by atoms with Crippen molar-refractivity contribution in [3.63, 3.8) is 0 Å². The molecule has 1 N–H and O–H groups in total. The summed E-state index contributed by atoms with van der Waals surface area (Å²) >= 11 is 1.57. The highest BCUT2D eigenvalue weighted by Crippen LogP contribution is 2.21. The smallest absolute Gasteiger partial charge is 0.243 e. The lowest BCUT2D eigenvalue weighted by molar-refractivity contribution is -0.140. The molecule has 0 spiro atoms. The molecule has 0 aliphatic heterocycles. The summed E-state index contributed by atoms with van der Waals surface area (Å²) in [5.74, 6) is 1.51. The first-order chi connectivity index (χ1) is 17.6. The fraction of sp³-hybridized carbons (Fsp3) is 0.355. The number of rotatable bonds is 11. The lowest BCUT2D eigenvalue weighted by Crippen LogP contribution is -2.54. The standard InChI is InChI=1S/C31H38N2O3S/c1-23-14-16-25(17-15-23)21-37-22-29(34)33(20-26-12-9-13-27(18-26)36-5)28(30(35)32-31(2,3)4)19-24-10-7-6-8-11-24/h6-18,28H,19-22H2,1-5H3,(H,32,35). The van der Waals surface area contributed by atoms with E-state index in [-0.39, 0.29) is 17.6 Å². The zero-order valence-electron chi connectivity index (χ0n) is 22.5. The topological polar surface area (TPSA) is 58.6 Å². The molecule has 0 radical (unpaired) electrons. The third-order valence-electron chi connectivity index (χ3n) is 5.87. The lowest BCUT2D eigenvalue weighted by Gasteiger charge is -2.34. The van der Waals surface area contributed by atoms with Crippen LogP contribution in [0.1, 0.15) is 43.0 Å². The molecule has 1 atom stereocenters. The van der Waals surface area contributed by atoms with Crippen molar-refractivity contribution in [2.24, 2.45) is 0 Å². The van der Waals surface area contributed by atoms with Gasteiger partial charge in [0, 0.05) is 24.3 Å². The molecule has 3 rings (SSSR count). The summed E-state index contributed by atoms with van der Waals surface area (Å²) < 4.78 is 5.40. The Labute approximate surface area is 225 Å². The average molecular weight is 519 g/mol. The van der Waals surface area contributed by atoms with Crippen molar-refractivity contribution in [1.29, 1.82) is 0 Å². The molecule has 0 bridgehead atoms. The zero-order valence-corrected chi connectivity index (χ0v) is 23.3. The normalized spacial score (nSPS) is 12.0. The van der Waals surface area contributed by atoms with Gasteiger partial charge in [-0.2, -0.15) is 0 Å². The quantitative estimate of drug-likeness (QED) is 0.349. The number of aryl methyl sites for hydroxylation is 1. The molecule has 0 aliphatic rings. The van der Waals surface area contributed by atoms with Gasteiger partial charge in [0.15, 0.2) is 0 Å². The van der Waals surface area contributed by atoms with Gasteiger partial charge in [0.1, 0.15) is 11.8 Å². The summed E-state index contributed by atoms with van der Waals surface area (Å²) in [7, 11) is 1.62. The first-order valence-electron chi connectivity index (χ1n) is 12.6. The van der Waals surface area contributed by atoms with Crippen LogP contribution >= 0.6 is 11.8 Å². The number of nitrogens with zero attached hydrogens (tertiary/aromatic N) is 1. The Hall–Kier alpha value is -3.25. The van der Waals surface area contributed by atoms with Crippen LogP contribution in [-0.4, -0.2) is 41.2 Å². The summed E-state index contributed by atoms with van der Waals surface area (Å²) in [4.78, 5) is 29.1. The van der Waals surface area contributed by atoms with Gasteiger partial charge < -0.3 is 15.0 Å². The molecule has 37 heavy (non-hydrogen) atoms. The molecule has 0 saturated heterocycles. The molecule has 3 aromatic carbocycles. The Morgan fingerprint density at radius 1 is 0.919 bits per heavy atom. The summed E-state index contributed by atoms with van der Waals surface area (Å²) in [6, 6.07) is 25.2. The molecule has 0 aromatic heterocycles. The van der Waals surface area contributed by atoms with Crippen LogP contribution in [0.5, 0.6) is 5.75 Å². The van der Waals surface area contributed by atoms with E-state index in [2.05, 4.69) is 36.5 Å². The Bertz CT molecular complexity index is 1160. The predicted octanol–water partition coefficient (Wildman–Crippen LogP) is 5.79. The lowest BCUT2D eigenvalue weighted by atomic mass is 10.0. The molecule has 196 valence electrons. The number of ether oxygens (including phenoxy) is 1. The number of amides is 2. The Balaban J connectivity index is 1.88. The Kier molecular flexibility index (Phi) is 10.2. The summed E-state index contributed by atoms with van der Waals surface area (Å²) in [5.41, 5.74) is 3.89. The molecule has 0 fully saturated rings. The fourth-order valence-electron chi connectivity index (χ4n) is 4.00. The first-order valence-corrected chi connectivity index (χ1v) is 13.7. The maximum absolute atomic E-state index is 13.7. The van der Waals surface area contributed by atoms with Gasteiger partial charge in [-0.3, -0.25) is 9.59 Å². The van der Waals surface area contributed by atoms with Crippen LogP contribution in [0.3, 0.4) is 0 Å². The monoisotopic (exact) mass is 518 g/mol. The van der Waals surface area contributed by atoms with E-state index >= 15 is 0 Å². The summed E-state index contributed by atoms with van der Waals surface area (Å²) in [5, 5.41) is 3.11. The van der Waals surface area contributed by atoms with E-state index in [1.165, 1.54) is 11.1 Å². The third kappa shape index (κ3) is 9.29. The summed E-state index contributed by atoms with van der Waals surface area (Å²) in [6.45, 7) is 8.24.